The number of nitrogens with zero attached hydrogens (tertiary/aromatic N) is 3. The highest BCUT2D eigenvalue weighted by atomic mass is 35.5. The third kappa shape index (κ3) is 7.46. The van der Waals surface area contributed by atoms with Crippen molar-refractivity contribution in [3.63, 3.8) is 0 Å². The van der Waals surface area contributed by atoms with Crippen molar-refractivity contribution < 1.29 is 9.47 Å². The van der Waals surface area contributed by atoms with Crippen molar-refractivity contribution in [1.29, 1.82) is 5.26 Å². The highest BCUT2D eigenvalue weighted by molar-refractivity contribution is 6.36. The number of methoxy groups -OCH3 is 1. The lowest BCUT2D eigenvalue weighted by Crippen LogP contribution is -2.42. The molecule has 1 saturated carbocycles. The highest BCUT2D eigenvalue weighted by Crippen LogP contribution is 2.36. The Morgan fingerprint density at radius 2 is 1.84 bits per heavy atom. The number of rotatable bonds is 10. The third-order valence-corrected chi connectivity index (χ3v) is 7.92. The van der Waals surface area contributed by atoms with Crippen LogP contribution in [0, 0.1) is 16.7 Å². The van der Waals surface area contributed by atoms with Gasteiger partial charge in [0.2, 0.25) is 0 Å². The number of halogens is 2. The lowest BCUT2D eigenvalue weighted by atomic mass is 9.81. The van der Waals surface area contributed by atoms with E-state index >= 15 is 0 Å². The molecule has 4 rings (SSSR count). The van der Waals surface area contributed by atoms with Crippen LogP contribution in [0.5, 0.6) is 0 Å². The molecule has 2 aromatic rings. The summed E-state index contributed by atoms with van der Waals surface area (Å²) in [5.74, 6) is 0.767. The molecular weight excluding hydrogens is 511 g/mol. The molecule has 1 atom stereocenters. The van der Waals surface area contributed by atoms with Crippen molar-refractivity contribution in [2.24, 2.45) is 5.41 Å². The van der Waals surface area contributed by atoms with Gasteiger partial charge in [-0.25, -0.2) is 9.97 Å². The molecule has 0 bridgehead atoms. The minimum Gasteiger partial charge on any atom is -0.383 e. The van der Waals surface area contributed by atoms with Crippen molar-refractivity contribution >= 4 is 34.7 Å². The fraction of sp³-hybridized carbons (Fsp3) is 0.593. The standard InChI is InChI=1S/C27H36Cl2N6O2/c1-18(15-36-2)34-19-3-5-20(6-4-19)35-25-12-22(24(28)14-31-25)23-11-21(13-32-26(23)29)33-17-27(16-30)7-9-37-10-8-27/h11-14,18-20,33-34H,3-10,15,17H2,1-2H3,(H,31,35)/t18-,19-,20-/m1/s1. The Kier molecular flexibility index (Phi) is 9.85. The Morgan fingerprint density at radius 1 is 1.11 bits per heavy atom. The van der Waals surface area contributed by atoms with Crippen molar-refractivity contribution in [3.8, 4) is 17.2 Å². The topological polar surface area (TPSA) is 104 Å². The molecule has 2 aromatic heterocycles. The van der Waals surface area contributed by atoms with Gasteiger partial charge in [0.15, 0.2) is 0 Å². The minimum atomic E-state index is -0.445. The first-order chi connectivity index (χ1) is 17.9. The van der Waals surface area contributed by atoms with Gasteiger partial charge >= 0.3 is 0 Å². The molecule has 0 unspecified atom stereocenters. The summed E-state index contributed by atoms with van der Waals surface area (Å²) in [6.07, 6.45) is 9.08. The fourth-order valence-corrected chi connectivity index (χ4v) is 5.54. The lowest BCUT2D eigenvalue weighted by Gasteiger charge is -2.32. The average molecular weight is 548 g/mol. The molecule has 37 heavy (non-hydrogen) atoms. The van der Waals surface area contributed by atoms with Crippen LogP contribution < -0.4 is 16.0 Å². The molecule has 8 nitrogen and oxygen atoms in total. The predicted octanol–water partition coefficient (Wildman–Crippen LogP) is 5.53. The quantitative estimate of drug-likeness (QED) is 0.334. The van der Waals surface area contributed by atoms with Crippen molar-refractivity contribution in [3.05, 3.63) is 34.7 Å². The van der Waals surface area contributed by atoms with Crippen molar-refractivity contribution in [2.75, 3.05) is 44.1 Å². The van der Waals surface area contributed by atoms with Crippen LogP contribution in [0.25, 0.3) is 11.1 Å². The van der Waals surface area contributed by atoms with Crippen LogP contribution in [-0.4, -0.2) is 61.6 Å². The maximum atomic E-state index is 9.75. The first kappa shape index (κ1) is 27.9. The molecule has 10 heteroatoms. The first-order valence-corrected chi connectivity index (χ1v) is 13.7. The molecular formula is C27H36Cl2N6O2. The molecule has 0 aromatic carbocycles. The van der Waals surface area contributed by atoms with Crippen LogP contribution in [0.2, 0.25) is 10.2 Å². The number of anilines is 2. The molecule has 3 heterocycles. The van der Waals surface area contributed by atoms with Gasteiger partial charge in [-0.3, -0.25) is 0 Å². The summed E-state index contributed by atoms with van der Waals surface area (Å²) in [6.45, 7) is 4.61. The van der Waals surface area contributed by atoms with Gasteiger partial charge in [0.1, 0.15) is 11.0 Å². The number of pyridine rings is 2. The molecule has 2 fully saturated rings. The Bertz CT molecular complexity index is 1080. The second-order valence-electron chi connectivity index (χ2n) is 10.2. The summed E-state index contributed by atoms with van der Waals surface area (Å²) in [4.78, 5) is 8.90. The summed E-state index contributed by atoms with van der Waals surface area (Å²) in [6, 6.07) is 7.57. The average Bonchev–Trinajstić information content (AvgIpc) is 2.91. The van der Waals surface area contributed by atoms with Crippen LogP contribution in [0.1, 0.15) is 45.4 Å². The van der Waals surface area contributed by atoms with Gasteiger partial charge in [0.25, 0.3) is 0 Å². The molecule has 0 radical (unpaired) electrons. The zero-order valence-corrected chi connectivity index (χ0v) is 23.0. The van der Waals surface area contributed by atoms with Crippen LogP contribution in [-0.2, 0) is 9.47 Å². The van der Waals surface area contributed by atoms with Crippen molar-refractivity contribution in [2.45, 2.75) is 63.6 Å². The Morgan fingerprint density at radius 3 is 2.54 bits per heavy atom. The number of aromatic nitrogens is 2. The van der Waals surface area contributed by atoms with Gasteiger partial charge < -0.3 is 25.4 Å². The largest absolute Gasteiger partial charge is 0.383 e. The molecule has 200 valence electrons. The van der Waals surface area contributed by atoms with Gasteiger partial charge in [0, 0.05) is 62.3 Å². The zero-order chi connectivity index (χ0) is 26.3. The Balaban J connectivity index is 1.41. The number of hydrogen-bond acceptors (Lipinski definition) is 8. The molecule has 0 spiro atoms. The number of nitrogens with one attached hydrogen (secondary N) is 3. The molecule has 0 amide bonds. The molecule has 2 aliphatic rings. The summed E-state index contributed by atoms with van der Waals surface area (Å²) in [5.41, 5.74) is 1.83. The predicted molar refractivity (Wildman–Crippen MR) is 148 cm³/mol. The first-order valence-electron chi connectivity index (χ1n) is 13.0. The van der Waals surface area contributed by atoms with Crippen LogP contribution in [0.4, 0.5) is 11.5 Å². The highest BCUT2D eigenvalue weighted by Gasteiger charge is 2.32. The number of ether oxygens (including phenoxy) is 2. The van der Waals surface area contributed by atoms with E-state index in [9.17, 15) is 5.26 Å². The van der Waals surface area contributed by atoms with Gasteiger partial charge in [-0.1, -0.05) is 23.2 Å². The second kappa shape index (κ2) is 13.1. The van der Waals surface area contributed by atoms with E-state index in [0.29, 0.717) is 60.9 Å². The summed E-state index contributed by atoms with van der Waals surface area (Å²) in [5, 5.41) is 21.2. The molecule has 1 aliphatic heterocycles. The summed E-state index contributed by atoms with van der Waals surface area (Å²) < 4.78 is 10.7. The summed E-state index contributed by atoms with van der Waals surface area (Å²) in [7, 11) is 1.74. The van der Waals surface area contributed by atoms with Gasteiger partial charge in [0.05, 0.1) is 35.0 Å². The molecule has 1 saturated heterocycles. The van der Waals surface area contributed by atoms with Gasteiger partial charge in [-0.2, -0.15) is 5.26 Å². The van der Waals surface area contributed by atoms with Crippen LogP contribution >= 0.6 is 23.2 Å². The number of nitriles is 1. The molecule has 3 N–H and O–H groups in total. The summed E-state index contributed by atoms with van der Waals surface area (Å²) >= 11 is 13.1. The van der Waals surface area contributed by atoms with Crippen LogP contribution in [0.3, 0.4) is 0 Å². The smallest absolute Gasteiger partial charge is 0.137 e. The van der Waals surface area contributed by atoms with E-state index in [2.05, 4.69) is 38.9 Å². The minimum absolute atomic E-state index is 0.348. The Labute approximate surface area is 229 Å². The number of hydrogen-bond donors (Lipinski definition) is 3. The van der Waals surface area contributed by atoms with Gasteiger partial charge in [-0.05, 0) is 57.6 Å². The van der Waals surface area contributed by atoms with E-state index < -0.39 is 5.41 Å². The maximum Gasteiger partial charge on any atom is 0.137 e. The van der Waals surface area contributed by atoms with Crippen LogP contribution in [0.15, 0.2) is 24.5 Å². The van der Waals surface area contributed by atoms with E-state index in [1.54, 1.807) is 19.5 Å². The SMILES string of the molecule is COC[C@@H](C)N[C@H]1CC[C@H](Nc2cc(-c3cc(NCC4(C#N)CCOCC4)cnc3Cl)c(Cl)cn2)CC1. The Hall–Kier alpha value is -2.15. The maximum absolute atomic E-state index is 9.75. The van der Waals surface area contributed by atoms with E-state index in [0.717, 1.165) is 54.9 Å². The van der Waals surface area contributed by atoms with E-state index in [1.165, 1.54) is 0 Å². The van der Waals surface area contributed by atoms with E-state index in [4.69, 9.17) is 32.7 Å². The third-order valence-electron chi connectivity index (χ3n) is 7.32. The lowest BCUT2D eigenvalue weighted by molar-refractivity contribution is 0.0456. The fourth-order valence-electron chi connectivity index (χ4n) is 5.13. The van der Waals surface area contributed by atoms with E-state index in [-0.39, 0.29) is 0 Å². The van der Waals surface area contributed by atoms with Gasteiger partial charge in [-0.15, -0.1) is 0 Å². The second-order valence-corrected chi connectivity index (χ2v) is 11.0. The van der Waals surface area contributed by atoms with Crippen molar-refractivity contribution in [1.82, 2.24) is 15.3 Å². The molecule has 1 aliphatic carbocycles. The monoisotopic (exact) mass is 546 g/mol. The zero-order valence-electron chi connectivity index (χ0n) is 21.5. The normalized spacial score (nSPS) is 22.1. The van der Waals surface area contributed by atoms with E-state index in [1.807, 2.05) is 12.1 Å².